The van der Waals surface area contributed by atoms with Crippen LogP contribution in [-0.4, -0.2) is 31.3 Å². The fourth-order valence-corrected chi connectivity index (χ4v) is 1.33. The van der Waals surface area contributed by atoms with E-state index in [1.54, 1.807) is 6.92 Å². The monoisotopic (exact) mass is 278 g/mol. The van der Waals surface area contributed by atoms with Crippen LogP contribution in [0.4, 0.5) is 0 Å². The molecule has 0 radical (unpaired) electrons. The van der Waals surface area contributed by atoms with Gasteiger partial charge in [0.25, 0.3) is 0 Å². The van der Waals surface area contributed by atoms with Crippen molar-refractivity contribution in [2.24, 2.45) is 0 Å². The van der Waals surface area contributed by atoms with E-state index < -0.39 is 18.0 Å². The molecule has 0 saturated carbocycles. The smallest absolute Gasteiger partial charge is 0.347 e. The molecule has 0 heterocycles. The summed E-state index contributed by atoms with van der Waals surface area (Å²) in [5.41, 5.74) is 0. The third kappa shape index (κ3) is 6.04. The lowest BCUT2D eigenvalue weighted by molar-refractivity contribution is -0.164. The Kier molecular flexibility index (Phi) is 6.89. The summed E-state index contributed by atoms with van der Waals surface area (Å²) in [6, 6.07) is 9.20. The first-order valence-corrected chi connectivity index (χ1v) is 6.31. The Bertz CT molecular complexity index is 453. The Hall–Kier alpha value is -2.30. The summed E-state index contributed by atoms with van der Waals surface area (Å²) in [4.78, 5) is 22.6. The first kappa shape index (κ1) is 15.8. The van der Waals surface area contributed by atoms with Crippen molar-refractivity contribution in [1.82, 2.24) is 0 Å². The van der Waals surface area contributed by atoms with Crippen molar-refractivity contribution in [3.05, 3.63) is 42.5 Å². The average molecular weight is 278 g/mol. The molecule has 1 rings (SSSR count). The van der Waals surface area contributed by atoms with Crippen LogP contribution in [0.15, 0.2) is 42.5 Å². The van der Waals surface area contributed by atoms with Crippen LogP contribution in [-0.2, 0) is 19.1 Å². The molecule has 5 heteroatoms. The summed E-state index contributed by atoms with van der Waals surface area (Å²) in [6.45, 7) is 3.48. The minimum atomic E-state index is -0.935. The van der Waals surface area contributed by atoms with Gasteiger partial charge in [0.1, 0.15) is 19.0 Å². The first-order chi connectivity index (χ1) is 9.63. The van der Waals surface area contributed by atoms with Crippen LogP contribution in [0.3, 0.4) is 0 Å². The molecule has 0 N–H and O–H groups in total. The van der Waals surface area contributed by atoms with E-state index in [2.05, 4.69) is 0 Å². The number of carbonyl (C=O) groups is 2. The van der Waals surface area contributed by atoms with Crippen LogP contribution < -0.4 is 4.74 Å². The number of benzene rings is 1. The molecule has 108 valence electrons. The van der Waals surface area contributed by atoms with Gasteiger partial charge in [0, 0.05) is 6.08 Å². The fourth-order valence-electron chi connectivity index (χ4n) is 1.33. The van der Waals surface area contributed by atoms with Crippen molar-refractivity contribution < 1.29 is 23.8 Å². The predicted molar refractivity (Wildman–Crippen MR) is 73.3 cm³/mol. The topological polar surface area (TPSA) is 61.8 Å². The molecule has 0 aliphatic rings. The van der Waals surface area contributed by atoms with Crippen molar-refractivity contribution >= 4 is 11.9 Å². The molecule has 1 unspecified atom stereocenters. The number of hydrogen-bond acceptors (Lipinski definition) is 5. The van der Waals surface area contributed by atoms with E-state index in [0.717, 1.165) is 0 Å². The highest BCUT2D eigenvalue weighted by Crippen LogP contribution is 2.07. The highest BCUT2D eigenvalue weighted by atomic mass is 16.6. The van der Waals surface area contributed by atoms with Crippen molar-refractivity contribution in [2.75, 3.05) is 13.2 Å². The van der Waals surface area contributed by atoms with E-state index >= 15 is 0 Å². The number of hydrogen-bond donors (Lipinski definition) is 0. The summed E-state index contributed by atoms with van der Waals surface area (Å²) in [6.07, 6.45) is 1.84. The van der Waals surface area contributed by atoms with E-state index in [-0.39, 0.29) is 13.2 Å². The molecule has 1 aromatic carbocycles. The second-order valence-electron chi connectivity index (χ2n) is 3.91. The van der Waals surface area contributed by atoms with Crippen molar-refractivity contribution in [3.63, 3.8) is 0 Å². The lowest BCUT2D eigenvalue weighted by Gasteiger charge is -2.12. The zero-order valence-corrected chi connectivity index (χ0v) is 11.6. The molecule has 0 amide bonds. The van der Waals surface area contributed by atoms with Crippen LogP contribution in [0.1, 0.15) is 13.8 Å². The molecule has 0 spiro atoms. The Morgan fingerprint density at radius 3 is 2.55 bits per heavy atom. The molecule has 0 aromatic heterocycles. The lowest BCUT2D eigenvalue weighted by Crippen LogP contribution is -2.27. The number of ether oxygens (including phenoxy) is 3. The number of allylic oxidation sites excluding steroid dienone is 1. The number of esters is 2. The largest absolute Gasteiger partial charge is 0.490 e. The van der Waals surface area contributed by atoms with E-state index in [4.69, 9.17) is 14.2 Å². The number of carbonyl (C=O) groups excluding carboxylic acids is 2. The molecule has 0 aliphatic heterocycles. The summed E-state index contributed by atoms with van der Waals surface area (Å²) in [5, 5.41) is 0. The Balaban J connectivity index is 2.21. The van der Waals surface area contributed by atoms with E-state index in [1.807, 2.05) is 30.3 Å². The molecule has 1 aromatic rings. The van der Waals surface area contributed by atoms with Gasteiger partial charge < -0.3 is 14.2 Å². The molecule has 0 fully saturated rings. The SMILES string of the molecule is C/C=C/C(=O)OC(C)C(=O)OCCOc1ccccc1. The van der Waals surface area contributed by atoms with Gasteiger partial charge in [-0.05, 0) is 26.0 Å². The van der Waals surface area contributed by atoms with Crippen molar-refractivity contribution in [2.45, 2.75) is 20.0 Å². The highest BCUT2D eigenvalue weighted by Gasteiger charge is 2.17. The van der Waals surface area contributed by atoms with Gasteiger partial charge in [-0.1, -0.05) is 24.3 Å². The maximum atomic E-state index is 11.5. The number of para-hydroxylation sites is 1. The lowest BCUT2D eigenvalue weighted by atomic mass is 10.3. The summed E-state index contributed by atoms with van der Waals surface area (Å²) < 4.78 is 15.1. The van der Waals surface area contributed by atoms with Gasteiger partial charge in [0.15, 0.2) is 6.10 Å². The minimum Gasteiger partial charge on any atom is -0.490 e. The maximum absolute atomic E-state index is 11.5. The molecule has 0 aliphatic carbocycles. The fraction of sp³-hybridized carbons (Fsp3) is 0.333. The Morgan fingerprint density at radius 1 is 1.20 bits per heavy atom. The second kappa shape index (κ2) is 8.74. The zero-order chi connectivity index (χ0) is 14.8. The van der Waals surface area contributed by atoms with Crippen LogP contribution in [0, 0.1) is 0 Å². The van der Waals surface area contributed by atoms with Gasteiger partial charge in [-0.15, -0.1) is 0 Å². The molecular weight excluding hydrogens is 260 g/mol. The highest BCUT2D eigenvalue weighted by molar-refractivity contribution is 5.85. The predicted octanol–water partition coefficient (Wildman–Crippen LogP) is 2.12. The molecular formula is C15H18O5. The van der Waals surface area contributed by atoms with Gasteiger partial charge in [-0.2, -0.15) is 0 Å². The molecule has 0 saturated heterocycles. The van der Waals surface area contributed by atoms with Gasteiger partial charge in [0.05, 0.1) is 0 Å². The van der Waals surface area contributed by atoms with Crippen LogP contribution in [0.2, 0.25) is 0 Å². The Labute approximate surface area is 118 Å². The normalized spacial score (nSPS) is 11.9. The third-order valence-corrected chi connectivity index (χ3v) is 2.27. The van der Waals surface area contributed by atoms with E-state index in [9.17, 15) is 9.59 Å². The van der Waals surface area contributed by atoms with Crippen molar-refractivity contribution in [1.29, 1.82) is 0 Å². The molecule has 0 bridgehead atoms. The van der Waals surface area contributed by atoms with Gasteiger partial charge in [0.2, 0.25) is 0 Å². The Morgan fingerprint density at radius 2 is 1.90 bits per heavy atom. The molecule has 1 atom stereocenters. The zero-order valence-electron chi connectivity index (χ0n) is 11.6. The van der Waals surface area contributed by atoms with Crippen molar-refractivity contribution in [3.8, 4) is 5.75 Å². The molecule has 5 nitrogen and oxygen atoms in total. The maximum Gasteiger partial charge on any atom is 0.347 e. The quantitative estimate of drug-likeness (QED) is 0.434. The van der Waals surface area contributed by atoms with E-state index in [1.165, 1.54) is 19.1 Å². The van der Waals surface area contributed by atoms with Crippen LogP contribution >= 0.6 is 0 Å². The summed E-state index contributed by atoms with van der Waals surface area (Å²) in [7, 11) is 0. The average Bonchev–Trinajstić information content (AvgIpc) is 2.44. The number of rotatable bonds is 7. The second-order valence-corrected chi connectivity index (χ2v) is 3.91. The van der Waals surface area contributed by atoms with E-state index in [0.29, 0.717) is 5.75 Å². The van der Waals surface area contributed by atoms with Crippen LogP contribution in [0.25, 0.3) is 0 Å². The van der Waals surface area contributed by atoms with Gasteiger partial charge in [-0.3, -0.25) is 0 Å². The summed E-state index contributed by atoms with van der Waals surface area (Å²) >= 11 is 0. The first-order valence-electron chi connectivity index (χ1n) is 6.31. The minimum absolute atomic E-state index is 0.0965. The third-order valence-electron chi connectivity index (χ3n) is 2.27. The summed E-state index contributed by atoms with van der Waals surface area (Å²) in [5.74, 6) is -0.465. The van der Waals surface area contributed by atoms with Gasteiger partial charge in [-0.25, -0.2) is 9.59 Å². The van der Waals surface area contributed by atoms with Crippen LogP contribution in [0.5, 0.6) is 5.75 Å². The molecule has 20 heavy (non-hydrogen) atoms. The standard InChI is InChI=1S/C15H18O5/c1-3-7-14(16)20-12(2)15(17)19-11-10-18-13-8-5-4-6-9-13/h3-9,12H,10-11H2,1-2H3/b7-3+. The van der Waals surface area contributed by atoms with Gasteiger partial charge >= 0.3 is 11.9 Å².